The molecule has 0 N–H and O–H groups in total. The van der Waals surface area contributed by atoms with E-state index in [4.69, 9.17) is 4.74 Å². The minimum absolute atomic E-state index is 0.00363. The van der Waals surface area contributed by atoms with Gasteiger partial charge in [0.05, 0.1) is 17.6 Å². The Morgan fingerprint density at radius 1 is 1.48 bits per heavy atom. The zero-order chi connectivity index (χ0) is 15.0. The van der Waals surface area contributed by atoms with Gasteiger partial charge in [-0.1, -0.05) is 34.1 Å². The Morgan fingerprint density at radius 2 is 2.24 bits per heavy atom. The van der Waals surface area contributed by atoms with Gasteiger partial charge in [-0.3, -0.25) is 4.79 Å². The average molecular weight is 370 g/mol. The molecule has 0 bridgehead atoms. The number of benzene rings is 1. The van der Waals surface area contributed by atoms with E-state index < -0.39 is 0 Å². The lowest BCUT2D eigenvalue weighted by Gasteiger charge is -2.43. The topological polar surface area (TPSA) is 29.5 Å². The minimum Gasteiger partial charge on any atom is -0.368 e. The first-order valence-corrected chi connectivity index (χ1v) is 9.35. The van der Waals surface area contributed by atoms with Crippen LogP contribution in [-0.4, -0.2) is 46.7 Å². The summed E-state index contributed by atoms with van der Waals surface area (Å²) in [5, 5.41) is 0.760. The number of ether oxygens (including phenoxy) is 1. The number of carbonyl (C=O) groups excluding carboxylic acids is 1. The van der Waals surface area contributed by atoms with E-state index in [2.05, 4.69) is 41.9 Å². The number of rotatable bonds is 2. The van der Waals surface area contributed by atoms with Crippen molar-refractivity contribution >= 4 is 33.6 Å². The maximum atomic E-state index is 13.0. The number of carbonyl (C=O) groups is 1. The van der Waals surface area contributed by atoms with Crippen molar-refractivity contribution in [1.29, 1.82) is 0 Å². The lowest BCUT2D eigenvalue weighted by atomic mass is 9.97. The van der Waals surface area contributed by atoms with Crippen molar-refractivity contribution in [3.63, 3.8) is 0 Å². The van der Waals surface area contributed by atoms with Crippen molar-refractivity contribution in [2.24, 2.45) is 0 Å². The molecule has 1 fully saturated rings. The molecule has 1 amide bonds. The lowest BCUT2D eigenvalue weighted by molar-refractivity contribution is -0.158. The Bertz CT molecular complexity index is 549. The van der Waals surface area contributed by atoms with Gasteiger partial charge in [0.1, 0.15) is 0 Å². The monoisotopic (exact) mass is 369 g/mol. The number of nitrogens with zero attached hydrogens (tertiary/aromatic N) is 1. The number of fused-ring (bicyclic) bond motifs is 1. The fourth-order valence-electron chi connectivity index (χ4n) is 3.13. The van der Waals surface area contributed by atoms with Crippen LogP contribution in [0.1, 0.15) is 25.3 Å². The first kappa shape index (κ1) is 15.4. The normalized spacial score (nSPS) is 27.5. The largest absolute Gasteiger partial charge is 0.368 e. The van der Waals surface area contributed by atoms with Crippen LogP contribution >= 0.6 is 27.7 Å². The van der Waals surface area contributed by atoms with Gasteiger partial charge in [0.25, 0.3) is 0 Å². The molecular formula is C16H20BrNO2S. The molecule has 114 valence electrons. The summed E-state index contributed by atoms with van der Waals surface area (Å²) in [6, 6.07) is 8.26. The van der Waals surface area contributed by atoms with Crippen LogP contribution in [-0.2, 0) is 9.53 Å². The highest BCUT2D eigenvalue weighted by Crippen LogP contribution is 2.40. The molecule has 1 saturated heterocycles. The van der Waals surface area contributed by atoms with E-state index in [-0.39, 0.29) is 23.5 Å². The van der Waals surface area contributed by atoms with Crippen LogP contribution in [0.4, 0.5) is 0 Å². The van der Waals surface area contributed by atoms with E-state index in [0.717, 1.165) is 11.1 Å². The van der Waals surface area contributed by atoms with Crippen molar-refractivity contribution in [2.75, 3.05) is 24.2 Å². The number of hydrogen-bond acceptors (Lipinski definition) is 3. The second kappa shape index (κ2) is 5.94. The number of amides is 1. The van der Waals surface area contributed by atoms with Crippen LogP contribution in [0.25, 0.3) is 0 Å². The molecule has 2 aliphatic heterocycles. The molecule has 0 aromatic heterocycles. The van der Waals surface area contributed by atoms with Gasteiger partial charge in [-0.05, 0) is 25.5 Å². The van der Waals surface area contributed by atoms with E-state index in [1.165, 1.54) is 10.5 Å². The predicted octanol–water partition coefficient (Wildman–Crippen LogP) is 3.28. The van der Waals surface area contributed by atoms with Crippen LogP contribution in [0.5, 0.6) is 0 Å². The Balaban J connectivity index is 1.79. The van der Waals surface area contributed by atoms with Crippen LogP contribution in [0.2, 0.25) is 0 Å². The van der Waals surface area contributed by atoms with E-state index in [9.17, 15) is 4.79 Å². The molecule has 0 spiro atoms. The van der Waals surface area contributed by atoms with Gasteiger partial charge >= 0.3 is 0 Å². The maximum absolute atomic E-state index is 13.0. The summed E-state index contributed by atoms with van der Waals surface area (Å²) in [7, 11) is 0. The summed E-state index contributed by atoms with van der Waals surface area (Å²) >= 11 is 5.27. The van der Waals surface area contributed by atoms with E-state index in [1.807, 2.05) is 17.0 Å². The summed E-state index contributed by atoms with van der Waals surface area (Å²) < 4.78 is 5.99. The van der Waals surface area contributed by atoms with E-state index >= 15 is 0 Å². The smallest absolute Gasteiger partial charge is 0.231 e. The Hall–Kier alpha value is -0.520. The van der Waals surface area contributed by atoms with Gasteiger partial charge in [-0.15, -0.1) is 11.8 Å². The molecule has 1 aromatic rings. The summed E-state index contributed by atoms with van der Waals surface area (Å²) in [5.41, 5.74) is 0.907. The first-order chi connectivity index (χ1) is 10.00. The third-order valence-corrected chi connectivity index (χ3v) is 5.87. The number of thioether (sulfide) groups is 1. The standard InChI is InChI=1S/C16H20BrNO2S/c1-16(2)10-18(8-11(7-17)20-16)15(19)13-9-21-14-6-4-3-5-12(13)14/h3-6,11,13H,7-10H2,1-2H3. The second-order valence-electron chi connectivity index (χ2n) is 6.27. The molecule has 0 saturated carbocycles. The SMILES string of the molecule is CC1(C)CN(C(=O)C2CSc3ccccc32)CC(CBr)O1. The fourth-order valence-corrected chi connectivity index (χ4v) is 4.69. The number of alkyl halides is 1. The molecule has 1 aromatic carbocycles. The predicted molar refractivity (Wildman–Crippen MR) is 89.2 cm³/mol. The van der Waals surface area contributed by atoms with Crippen LogP contribution in [0.15, 0.2) is 29.2 Å². The maximum Gasteiger partial charge on any atom is 0.231 e. The molecule has 0 aliphatic carbocycles. The molecule has 2 atom stereocenters. The van der Waals surface area contributed by atoms with E-state index in [1.54, 1.807) is 11.8 Å². The highest BCUT2D eigenvalue weighted by Gasteiger charge is 2.39. The Labute approximate surface area is 138 Å². The zero-order valence-electron chi connectivity index (χ0n) is 12.3. The lowest BCUT2D eigenvalue weighted by Crippen LogP contribution is -2.56. The quantitative estimate of drug-likeness (QED) is 0.749. The molecule has 0 radical (unpaired) electrons. The van der Waals surface area contributed by atoms with Gasteiger partial charge in [0.15, 0.2) is 0 Å². The van der Waals surface area contributed by atoms with Crippen LogP contribution < -0.4 is 0 Å². The molecule has 5 heteroatoms. The Morgan fingerprint density at radius 3 is 3.00 bits per heavy atom. The van der Waals surface area contributed by atoms with Crippen LogP contribution in [0.3, 0.4) is 0 Å². The van der Waals surface area contributed by atoms with Gasteiger partial charge in [0.2, 0.25) is 5.91 Å². The van der Waals surface area contributed by atoms with Gasteiger partial charge in [-0.25, -0.2) is 0 Å². The molecule has 2 aliphatic rings. The van der Waals surface area contributed by atoms with E-state index in [0.29, 0.717) is 13.1 Å². The van der Waals surface area contributed by atoms with Crippen molar-refractivity contribution in [1.82, 2.24) is 4.90 Å². The highest BCUT2D eigenvalue weighted by molar-refractivity contribution is 9.09. The highest BCUT2D eigenvalue weighted by atomic mass is 79.9. The summed E-state index contributed by atoms with van der Waals surface area (Å²) in [4.78, 5) is 16.2. The van der Waals surface area contributed by atoms with Crippen LogP contribution in [0, 0.1) is 0 Å². The van der Waals surface area contributed by atoms with Crippen molar-refractivity contribution in [3.8, 4) is 0 Å². The number of morpholine rings is 1. The third kappa shape index (κ3) is 3.15. The van der Waals surface area contributed by atoms with Crippen molar-refractivity contribution in [3.05, 3.63) is 29.8 Å². The third-order valence-electron chi connectivity index (χ3n) is 3.96. The summed E-state index contributed by atoms with van der Waals surface area (Å²) in [6.07, 6.45) is 0.0713. The molecule has 21 heavy (non-hydrogen) atoms. The van der Waals surface area contributed by atoms with Crippen molar-refractivity contribution < 1.29 is 9.53 Å². The Kier molecular flexibility index (Phi) is 4.35. The fraction of sp³-hybridized carbons (Fsp3) is 0.562. The zero-order valence-corrected chi connectivity index (χ0v) is 14.7. The molecule has 2 heterocycles. The number of hydrogen-bond donors (Lipinski definition) is 0. The summed E-state index contributed by atoms with van der Waals surface area (Å²) in [6.45, 7) is 5.45. The van der Waals surface area contributed by atoms with Crippen molar-refractivity contribution in [2.45, 2.75) is 36.4 Å². The second-order valence-corrected chi connectivity index (χ2v) is 7.98. The first-order valence-electron chi connectivity index (χ1n) is 7.24. The number of halogens is 1. The molecule has 2 unspecified atom stereocenters. The molecular weight excluding hydrogens is 350 g/mol. The van der Waals surface area contributed by atoms with Gasteiger partial charge in [0, 0.05) is 29.1 Å². The average Bonchev–Trinajstić information content (AvgIpc) is 2.88. The van der Waals surface area contributed by atoms with Gasteiger partial charge in [-0.2, -0.15) is 0 Å². The van der Waals surface area contributed by atoms with Gasteiger partial charge < -0.3 is 9.64 Å². The summed E-state index contributed by atoms with van der Waals surface area (Å²) in [5.74, 6) is 1.10. The minimum atomic E-state index is -0.280. The molecule has 3 rings (SSSR count). The molecule has 3 nitrogen and oxygen atoms in total.